The number of carboxylic acids is 1. The first-order chi connectivity index (χ1) is 11.0. The minimum atomic E-state index is -0.896. The number of aromatic nitrogens is 4. The van der Waals surface area contributed by atoms with E-state index in [1.54, 1.807) is 6.20 Å². The summed E-state index contributed by atoms with van der Waals surface area (Å²) in [6.45, 7) is 3.40. The van der Waals surface area contributed by atoms with Gasteiger partial charge >= 0.3 is 5.97 Å². The van der Waals surface area contributed by atoms with Crippen LogP contribution in [0.3, 0.4) is 0 Å². The highest BCUT2D eigenvalue weighted by molar-refractivity contribution is 9.10. The van der Waals surface area contributed by atoms with Crippen molar-refractivity contribution in [1.29, 1.82) is 0 Å². The monoisotopic (exact) mass is 383 g/mol. The Balaban J connectivity index is 1.73. The van der Waals surface area contributed by atoms with Crippen molar-refractivity contribution in [1.82, 2.24) is 24.9 Å². The molecular weight excluding hydrogens is 366 g/mol. The van der Waals surface area contributed by atoms with Gasteiger partial charge in [0.05, 0.1) is 34.9 Å². The summed E-state index contributed by atoms with van der Waals surface area (Å²) in [4.78, 5) is 22.5. The number of hydrogen-bond donors (Lipinski definition) is 2. The summed E-state index contributed by atoms with van der Waals surface area (Å²) in [5.41, 5.74) is 1.36. The molecule has 0 spiro atoms. The predicted octanol–water partition coefficient (Wildman–Crippen LogP) is 1.45. The summed E-state index contributed by atoms with van der Waals surface area (Å²) in [6.07, 6.45) is 5.62. The summed E-state index contributed by atoms with van der Waals surface area (Å²) in [7, 11) is 0. The lowest BCUT2D eigenvalue weighted by atomic mass is 10.3. The van der Waals surface area contributed by atoms with Crippen molar-refractivity contribution in [3.05, 3.63) is 34.3 Å². The molecular formula is C14H18BrN5O3. The maximum Gasteiger partial charge on any atom is 0.305 e. The van der Waals surface area contributed by atoms with E-state index in [1.165, 1.54) is 10.9 Å². The number of carboxylic acid groups (broad SMARTS) is 1. The first kappa shape index (κ1) is 17.2. The smallest absolute Gasteiger partial charge is 0.305 e. The van der Waals surface area contributed by atoms with E-state index in [9.17, 15) is 9.59 Å². The molecule has 0 radical (unpaired) electrons. The molecule has 0 fully saturated rings. The summed E-state index contributed by atoms with van der Waals surface area (Å²) in [5.74, 6) is -1.11. The van der Waals surface area contributed by atoms with Crippen molar-refractivity contribution >= 4 is 27.8 Å². The minimum Gasteiger partial charge on any atom is -0.481 e. The molecule has 124 valence electrons. The van der Waals surface area contributed by atoms with Crippen molar-refractivity contribution in [3.8, 4) is 0 Å². The minimum absolute atomic E-state index is 0.0262. The quantitative estimate of drug-likeness (QED) is 0.671. The second-order valence-corrected chi connectivity index (χ2v) is 5.93. The number of carbonyl (C=O) groups excluding carboxylic acids is 1. The van der Waals surface area contributed by atoms with Crippen LogP contribution in [0, 0.1) is 6.92 Å². The number of aliphatic carboxylic acids is 1. The van der Waals surface area contributed by atoms with Crippen molar-refractivity contribution in [2.75, 3.05) is 6.54 Å². The average Bonchev–Trinajstić information content (AvgIpc) is 3.09. The Kier molecular flexibility index (Phi) is 5.91. The molecule has 0 unspecified atom stereocenters. The summed E-state index contributed by atoms with van der Waals surface area (Å²) < 4.78 is 4.25. The Labute approximate surface area is 141 Å². The van der Waals surface area contributed by atoms with Crippen LogP contribution < -0.4 is 5.32 Å². The fraction of sp³-hybridized carbons (Fsp3) is 0.429. The van der Waals surface area contributed by atoms with E-state index >= 15 is 0 Å². The van der Waals surface area contributed by atoms with Crippen molar-refractivity contribution in [3.63, 3.8) is 0 Å². The maximum atomic E-state index is 12.0. The van der Waals surface area contributed by atoms with Crippen LogP contribution in [0.5, 0.6) is 0 Å². The van der Waals surface area contributed by atoms with Crippen molar-refractivity contribution < 1.29 is 14.7 Å². The molecule has 0 saturated carbocycles. The van der Waals surface area contributed by atoms with E-state index in [2.05, 4.69) is 31.4 Å². The highest BCUT2D eigenvalue weighted by Gasteiger charge is 2.09. The zero-order valence-corrected chi connectivity index (χ0v) is 14.3. The summed E-state index contributed by atoms with van der Waals surface area (Å²) >= 11 is 3.40. The van der Waals surface area contributed by atoms with Gasteiger partial charge in [-0.1, -0.05) is 0 Å². The van der Waals surface area contributed by atoms with Gasteiger partial charge in [0.2, 0.25) is 0 Å². The molecule has 0 bridgehead atoms. The molecule has 2 N–H and O–H groups in total. The lowest BCUT2D eigenvalue weighted by Gasteiger charge is -2.04. The van der Waals surface area contributed by atoms with Crippen LogP contribution in [0.2, 0.25) is 0 Å². The molecule has 1 amide bonds. The van der Waals surface area contributed by atoms with Gasteiger partial charge in [-0.15, -0.1) is 0 Å². The van der Waals surface area contributed by atoms with Gasteiger partial charge in [-0.3, -0.25) is 19.0 Å². The molecule has 8 nitrogen and oxygen atoms in total. The number of nitrogens with zero attached hydrogens (tertiary/aromatic N) is 4. The van der Waals surface area contributed by atoms with E-state index < -0.39 is 5.97 Å². The molecule has 0 atom stereocenters. The largest absolute Gasteiger partial charge is 0.481 e. The second kappa shape index (κ2) is 7.91. The SMILES string of the molecule is Cc1nn(CCCNC(=O)c2cnn(CCC(=O)O)c2)cc1Br. The molecule has 2 rings (SSSR count). The third-order valence-electron chi connectivity index (χ3n) is 3.19. The van der Waals surface area contributed by atoms with Gasteiger partial charge in [0.25, 0.3) is 5.91 Å². The van der Waals surface area contributed by atoms with Crippen LogP contribution in [0.1, 0.15) is 28.9 Å². The number of halogens is 1. The van der Waals surface area contributed by atoms with Crippen LogP contribution in [0.15, 0.2) is 23.1 Å². The van der Waals surface area contributed by atoms with Crippen LogP contribution in [-0.4, -0.2) is 43.1 Å². The Morgan fingerprint density at radius 1 is 1.30 bits per heavy atom. The van der Waals surface area contributed by atoms with E-state index in [4.69, 9.17) is 5.11 Å². The van der Waals surface area contributed by atoms with E-state index in [0.717, 1.165) is 16.6 Å². The third-order valence-corrected chi connectivity index (χ3v) is 3.96. The maximum absolute atomic E-state index is 12.0. The van der Waals surface area contributed by atoms with Gasteiger partial charge in [0.1, 0.15) is 0 Å². The Bertz CT molecular complexity index is 675. The molecule has 23 heavy (non-hydrogen) atoms. The van der Waals surface area contributed by atoms with Gasteiger partial charge < -0.3 is 10.4 Å². The fourth-order valence-corrected chi connectivity index (χ4v) is 2.28. The highest BCUT2D eigenvalue weighted by Crippen LogP contribution is 2.13. The lowest BCUT2D eigenvalue weighted by Crippen LogP contribution is -2.25. The Morgan fingerprint density at radius 2 is 2.09 bits per heavy atom. The Hall–Kier alpha value is -2.16. The van der Waals surface area contributed by atoms with Crippen LogP contribution >= 0.6 is 15.9 Å². The van der Waals surface area contributed by atoms with Gasteiger partial charge in [-0.05, 0) is 29.3 Å². The molecule has 9 heteroatoms. The van der Waals surface area contributed by atoms with Crippen LogP contribution in [-0.2, 0) is 17.9 Å². The zero-order valence-electron chi connectivity index (χ0n) is 12.7. The lowest BCUT2D eigenvalue weighted by molar-refractivity contribution is -0.137. The molecule has 2 heterocycles. The normalized spacial score (nSPS) is 10.7. The fourth-order valence-electron chi connectivity index (χ4n) is 1.97. The standard InChI is InChI=1S/C14H18BrN5O3/c1-10-12(15)9-20(18-10)5-2-4-16-14(23)11-7-17-19(8-11)6-3-13(21)22/h7-9H,2-6H2,1H3,(H,16,23)(H,21,22). The van der Waals surface area contributed by atoms with E-state index in [0.29, 0.717) is 18.7 Å². The topological polar surface area (TPSA) is 102 Å². The average molecular weight is 384 g/mol. The van der Waals surface area contributed by atoms with E-state index in [1.807, 2.05) is 17.8 Å². The molecule has 0 saturated heterocycles. The van der Waals surface area contributed by atoms with E-state index in [-0.39, 0.29) is 18.9 Å². The summed E-state index contributed by atoms with van der Waals surface area (Å²) in [5, 5.41) is 19.7. The van der Waals surface area contributed by atoms with Gasteiger partial charge in [-0.2, -0.15) is 10.2 Å². The van der Waals surface area contributed by atoms with Crippen molar-refractivity contribution in [2.24, 2.45) is 0 Å². The highest BCUT2D eigenvalue weighted by atomic mass is 79.9. The predicted molar refractivity (Wildman–Crippen MR) is 86.1 cm³/mol. The number of aryl methyl sites for hydroxylation is 3. The first-order valence-electron chi connectivity index (χ1n) is 7.17. The summed E-state index contributed by atoms with van der Waals surface area (Å²) in [6, 6.07) is 0. The van der Waals surface area contributed by atoms with Gasteiger partial charge in [-0.25, -0.2) is 0 Å². The zero-order chi connectivity index (χ0) is 16.8. The van der Waals surface area contributed by atoms with Crippen LogP contribution in [0.4, 0.5) is 0 Å². The number of hydrogen-bond acceptors (Lipinski definition) is 4. The first-order valence-corrected chi connectivity index (χ1v) is 7.97. The number of rotatable bonds is 8. The number of amides is 1. The second-order valence-electron chi connectivity index (χ2n) is 5.07. The number of carbonyl (C=O) groups is 2. The molecule has 2 aromatic heterocycles. The number of nitrogens with one attached hydrogen (secondary N) is 1. The van der Waals surface area contributed by atoms with Gasteiger partial charge in [0.15, 0.2) is 0 Å². The third kappa shape index (κ3) is 5.20. The van der Waals surface area contributed by atoms with Crippen molar-refractivity contribution in [2.45, 2.75) is 32.9 Å². The van der Waals surface area contributed by atoms with Crippen LogP contribution in [0.25, 0.3) is 0 Å². The molecule has 2 aromatic rings. The molecule has 0 aliphatic rings. The molecule has 0 aliphatic carbocycles. The molecule has 0 aromatic carbocycles. The Morgan fingerprint density at radius 3 is 2.74 bits per heavy atom. The van der Waals surface area contributed by atoms with Gasteiger partial charge in [0, 0.05) is 25.5 Å². The molecule has 0 aliphatic heterocycles.